The lowest BCUT2D eigenvalue weighted by atomic mass is 9.84. The van der Waals surface area contributed by atoms with Gasteiger partial charge in [0.25, 0.3) is 0 Å². The number of hydrogen-bond donors (Lipinski definition) is 0. The maximum Gasteiger partial charge on any atom is 0.0547 e. The molecular formula is C57H41N. The zero-order chi connectivity index (χ0) is 38.6. The lowest BCUT2D eigenvalue weighted by Gasteiger charge is -2.20. The lowest BCUT2D eigenvalue weighted by Crippen LogP contribution is -1.97. The Morgan fingerprint density at radius 1 is 0.379 bits per heavy atom. The Kier molecular flexibility index (Phi) is 8.26. The average molecular weight is 740 g/mol. The average Bonchev–Trinajstić information content (AvgIpc) is 3.62. The van der Waals surface area contributed by atoms with Gasteiger partial charge in [0.2, 0.25) is 0 Å². The Labute approximate surface area is 339 Å². The molecule has 1 aliphatic carbocycles. The summed E-state index contributed by atoms with van der Waals surface area (Å²) in [6.45, 7) is 2.31. The van der Waals surface area contributed by atoms with Gasteiger partial charge in [-0.25, -0.2) is 0 Å². The highest BCUT2D eigenvalue weighted by Crippen LogP contribution is 2.44. The molecule has 1 aliphatic rings. The molecule has 0 saturated heterocycles. The Morgan fingerprint density at radius 2 is 0.948 bits per heavy atom. The lowest BCUT2D eigenvalue weighted by molar-refractivity contribution is 0.994. The van der Waals surface area contributed by atoms with Gasteiger partial charge in [0.1, 0.15) is 0 Å². The van der Waals surface area contributed by atoms with Crippen LogP contribution in [0.1, 0.15) is 36.5 Å². The summed E-state index contributed by atoms with van der Waals surface area (Å²) in [6, 6.07) is 71.3. The van der Waals surface area contributed by atoms with Crippen LogP contribution in [-0.4, -0.2) is 4.57 Å². The van der Waals surface area contributed by atoms with Crippen LogP contribution in [-0.2, 0) is 0 Å². The third kappa shape index (κ3) is 5.70. The van der Waals surface area contributed by atoms with Gasteiger partial charge in [0.15, 0.2) is 0 Å². The first-order valence-corrected chi connectivity index (χ1v) is 20.4. The highest BCUT2D eigenvalue weighted by molar-refractivity contribution is 6.28. The van der Waals surface area contributed by atoms with Crippen LogP contribution in [0.5, 0.6) is 0 Å². The second kappa shape index (κ2) is 14.1. The summed E-state index contributed by atoms with van der Waals surface area (Å²) in [6.07, 6.45) is 6.92. The Bertz CT molecular complexity index is 3300. The van der Waals surface area contributed by atoms with E-state index >= 15 is 0 Å². The Balaban J connectivity index is 1.16. The minimum atomic E-state index is 0.981. The van der Waals surface area contributed by atoms with Crippen LogP contribution in [0.15, 0.2) is 212 Å². The largest absolute Gasteiger partial charge is 0.309 e. The van der Waals surface area contributed by atoms with Crippen molar-refractivity contribution >= 4 is 70.8 Å². The minimum Gasteiger partial charge on any atom is -0.309 e. The summed E-state index contributed by atoms with van der Waals surface area (Å²) < 4.78 is 2.41. The van der Waals surface area contributed by atoms with Gasteiger partial charge in [0, 0.05) is 16.5 Å². The molecular weight excluding hydrogens is 699 g/mol. The molecule has 0 spiro atoms. The first kappa shape index (κ1) is 34.1. The number of hydrogen-bond acceptors (Lipinski definition) is 0. The van der Waals surface area contributed by atoms with Gasteiger partial charge in [-0.1, -0.05) is 175 Å². The monoisotopic (exact) mass is 739 g/mol. The molecule has 0 aliphatic heterocycles. The normalized spacial score (nSPS) is 16.6. The van der Waals surface area contributed by atoms with Gasteiger partial charge in [-0.15, -0.1) is 0 Å². The highest BCUT2D eigenvalue weighted by Gasteiger charge is 2.19. The maximum atomic E-state index is 2.47. The molecule has 10 aromatic rings. The van der Waals surface area contributed by atoms with Crippen molar-refractivity contribution in [1.82, 2.24) is 4.57 Å². The van der Waals surface area contributed by atoms with Crippen LogP contribution in [0.4, 0.5) is 0 Å². The van der Waals surface area contributed by atoms with Crippen molar-refractivity contribution in [2.45, 2.75) is 19.8 Å². The zero-order valence-electron chi connectivity index (χ0n) is 32.5. The van der Waals surface area contributed by atoms with E-state index in [-0.39, 0.29) is 0 Å². The molecule has 0 saturated carbocycles. The quantitative estimate of drug-likeness (QED) is 0.155. The molecule has 0 atom stereocenters. The van der Waals surface area contributed by atoms with Crippen LogP contribution in [0.3, 0.4) is 0 Å². The molecule has 0 amide bonds. The highest BCUT2D eigenvalue weighted by atomic mass is 15.0. The second-order valence-corrected chi connectivity index (χ2v) is 15.6. The van der Waals surface area contributed by atoms with Crippen molar-refractivity contribution in [2.75, 3.05) is 0 Å². The molecule has 1 heteroatoms. The molecule has 0 unspecified atom stereocenters. The van der Waals surface area contributed by atoms with Gasteiger partial charge < -0.3 is 4.57 Å². The van der Waals surface area contributed by atoms with Crippen LogP contribution < -0.4 is 0 Å². The molecule has 0 radical (unpaired) electrons. The molecule has 1 nitrogen and oxygen atoms in total. The topological polar surface area (TPSA) is 4.93 Å². The van der Waals surface area contributed by atoms with E-state index < -0.39 is 0 Å². The van der Waals surface area contributed by atoms with Crippen molar-refractivity contribution < 1.29 is 0 Å². The summed E-state index contributed by atoms with van der Waals surface area (Å²) in [5.41, 5.74) is 15.2. The summed E-state index contributed by atoms with van der Waals surface area (Å²) in [7, 11) is 0. The fourth-order valence-electron chi connectivity index (χ4n) is 9.45. The molecule has 9 aromatic carbocycles. The summed E-state index contributed by atoms with van der Waals surface area (Å²) in [5, 5.41) is 10.2. The minimum absolute atomic E-state index is 0.981. The van der Waals surface area contributed by atoms with Gasteiger partial charge in [-0.2, -0.15) is 0 Å². The van der Waals surface area contributed by atoms with Crippen LogP contribution in [0, 0.1) is 0 Å². The van der Waals surface area contributed by atoms with Crippen LogP contribution >= 0.6 is 0 Å². The second-order valence-electron chi connectivity index (χ2n) is 15.6. The van der Waals surface area contributed by atoms with E-state index in [4.69, 9.17) is 0 Å². The van der Waals surface area contributed by atoms with Crippen molar-refractivity contribution in [3.8, 4) is 16.8 Å². The molecule has 274 valence electrons. The molecule has 58 heavy (non-hydrogen) atoms. The molecule has 1 aromatic heterocycles. The molecule has 0 fully saturated rings. The van der Waals surface area contributed by atoms with Crippen molar-refractivity contribution in [3.05, 3.63) is 229 Å². The first-order valence-electron chi connectivity index (χ1n) is 20.4. The standard InChI is InChI=1S/C57H41N/c1-38-28-29-41(39-16-5-2-6-17-39)34-44(36-53(38)40-18-7-3-8-19-40)46-25-15-26-51-47-22-11-12-23-48(47)54-35-42(31-33-52(54)57(46)51)43-30-32-50-49-24-13-14-27-55(49)58(56(50)37-43)45-20-9-4-10-21-45/h2-27,30-37H,28-29H2,1H3/b41-34+,44-36+,53-38+. The number of nitrogens with zero attached hydrogens (tertiary/aromatic N) is 1. The maximum absolute atomic E-state index is 2.47. The number of fused-ring (bicyclic) bond motifs is 9. The zero-order valence-corrected chi connectivity index (χ0v) is 32.5. The number of allylic oxidation sites excluding steroid dienone is 6. The number of benzene rings is 9. The van der Waals surface area contributed by atoms with Crippen LogP contribution in [0.25, 0.3) is 87.7 Å². The van der Waals surface area contributed by atoms with E-state index in [1.807, 2.05) is 0 Å². The smallest absolute Gasteiger partial charge is 0.0547 e. The molecule has 0 N–H and O–H groups in total. The Morgan fingerprint density at radius 3 is 1.71 bits per heavy atom. The van der Waals surface area contributed by atoms with Gasteiger partial charge in [0.05, 0.1) is 11.0 Å². The SMILES string of the molecule is C/C1=C(c2ccccc2)/C=C(c2cccc3c4ccccc4c4cc(-c5ccc6c7ccccc7n(-c7ccccc7)c6c5)ccc4c23)\C=C(\c2ccccc2)CC1. The molecule has 0 bridgehead atoms. The predicted octanol–water partition coefficient (Wildman–Crippen LogP) is 15.6. The van der Waals surface area contributed by atoms with E-state index in [1.54, 1.807) is 0 Å². The number of rotatable bonds is 5. The third-order valence-electron chi connectivity index (χ3n) is 12.3. The third-order valence-corrected chi connectivity index (χ3v) is 12.3. The Hall–Kier alpha value is -7.22. The fourth-order valence-corrected chi connectivity index (χ4v) is 9.45. The first-order chi connectivity index (χ1) is 28.7. The molecule has 11 rings (SSSR count). The van der Waals surface area contributed by atoms with E-state index in [2.05, 4.69) is 218 Å². The summed E-state index contributed by atoms with van der Waals surface area (Å²) in [5.74, 6) is 0. The van der Waals surface area contributed by atoms with E-state index in [0.717, 1.165) is 12.8 Å². The predicted molar refractivity (Wildman–Crippen MR) is 249 cm³/mol. The van der Waals surface area contributed by atoms with E-state index in [0.29, 0.717) is 0 Å². The summed E-state index contributed by atoms with van der Waals surface area (Å²) in [4.78, 5) is 0. The number of para-hydroxylation sites is 2. The summed E-state index contributed by atoms with van der Waals surface area (Å²) >= 11 is 0. The van der Waals surface area contributed by atoms with Crippen molar-refractivity contribution in [2.24, 2.45) is 0 Å². The van der Waals surface area contributed by atoms with E-state index in [9.17, 15) is 0 Å². The van der Waals surface area contributed by atoms with Gasteiger partial charge >= 0.3 is 0 Å². The number of aromatic nitrogens is 1. The molecule has 1 heterocycles. The van der Waals surface area contributed by atoms with E-state index in [1.165, 1.54) is 110 Å². The van der Waals surface area contributed by atoms with Crippen LogP contribution in [0.2, 0.25) is 0 Å². The van der Waals surface area contributed by atoms with Crippen molar-refractivity contribution in [1.29, 1.82) is 0 Å². The fraction of sp³-hybridized carbons (Fsp3) is 0.0526. The van der Waals surface area contributed by atoms with Gasteiger partial charge in [-0.3, -0.25) is 0 Å². The van der Waals surface area contributed by atoms with Gasteiger partial charge in [-0.05, 0) is 133 Å². The van der Waals surface area contributed by atoms with Crippen molar-refractivity contribution in [3.63, 3.8) is 0 Å².